The molecule has 1 rings (SSSR count). The molecule has 1 saturated heterocycles. The van der Waals surface area contributed by atoms with E-state index in [4.69, 9.17) is 4.74 Å². The molecule has 1 aliphatic rings. The molecule has 0 saturated carbocycles. The van der Waals surface area contributed by atoms with Crippen LogP contribution < -0.4 is 5.32 Å². The molecule has 2 heteroatoms. The minimum Gasteiger partial charge on any atom is -0.377 e. The van der Waals surface area contributed by atoms with Crippen LogP contribution in [-0.2, 0) is 4.74 Å². The molecule has 1 N–H and O–H groups in total. The van der Waals surface area contributed by atoms with E-state index in [2.05, 4.69) is 26.1 Å². The number of hydrogen-bond donors (Lipinski definition) is 1. The quantitative estimate of drug-likeness (QED) is 0.696. The fourth-order valence-corrected chi connectivity index (χ4v) is 1.36. The molecule has 0 bridgehead atoms. The lowest BCUT2D eigenvalue weighted by atomic mass is 10.1. The number of ether oxygens (including phenoxy) is 1. The average Bonchev–Trinajstić information content (AvgIpc) is 2.51. The van der Waals surface area contributed by atoms with Crippen molar-refractivity contribution >= 4 is 0 Å². The summed E-state index contributed by atoms with van der Waals surface area (Å²) in [5.74, 6) is 0.631. The van der Waals surface area contributed by atoms with Crippen molar-refractivity contribution < 1.29 is 4.74 Å². The van der Waals surface area contributed by atoms with E-state index in [-0.39, 0.29) is 0 Å². The summed E-state index contributed by atoms with van der Waals surface area (Å²) in [4.78, 5) is 0. The van der Waals surface area contributed by atoms with Gasteiger partial charge in [0.1, 0.15) is 0 Å². The van der Waals surface area contributed by atoms with Gasteiger partial charge in [0.25, 0.3) is 0 Å². The van der Waals surface area contributed by atoms with Crippen LogP contribution in [0.3, 0.4) is 0 Å². The Balaban J connectivity index is 2.07. The molecule has 0 spiro atoms. The van der Waals surface area contributed by atoms with E-state index >= 15 is 0 Å². The van der Waals surface area contributed by atoms with Crippen molar-refractivity contribution in [2.75, 3.05) is 13.2 Å². The fourth-order valence-electron chi connectivity index (χ4n) is 1.36. The molecule has 72 valence electrons. The summed E-state index contributed by atoms with van der Waals surface area (Å²) in [6.07, 6.45) is 2.99. The standard InChI is InChI=1S/C10H21NO/c1-8(2)9(3)12-7-10-5-4-6-11-10/h8-11H,4-7H2,1-3H3/t9?,10-/m1/s1. The van der Waals surface area contributed by atoms with Gasteiger partial charge >= 0.3 is 0 Å². The summed E-state index contributed by atoms with van der Waals surface area (Å²) >= 11 is 0. The van der Waals surface area contributed by atoms with Gasteiger partial charge in [0.2, 0.25) is 0 Å². The molecule has 1 fully saturated rings. The largest absolute Gasteiger partial charge is 0.377 e. The van der Waals surface area contributed by atoms with E-state index in [0.29, 0.717) is 18.1 Å². The highest BCUT2D eigenvalue weighted by Gasteiger charge is 2.16. The monoisotopic (exact) mass is 171 g/mol. The summed E-state index contributed by atoms with van der Waals surface area (Å²) < 4.78 is 5.72. The summed E-state index contributed by atoms with van der Waals surface area (Å²) in [5.41, 5.74) is 0. The highest BCUT2D eigenvalue weighted by molar-refractivity contribution is 4.73. The van der Waals surface area contributed by atoms with Crippen LogP contribution >= 0.6 is 0 Å². The minimum absolute atomic E-state index is 0.396. The van der Waals surface area contributed by atoms with Crippen LogP contribution in [0.4, 0.5) is 0 Å². The highest BCUT2D eigenvalue weighted by atomic mass is 16.5. The van der Waals surface area contributed by atoms with Gasteiger partial charge in [-0.15, -0.1) is 0 Å². The van der Waals surface area contributed by atoms with E-state index in [1.165, 1.54) is 19.4 Å². The third kappa shape index (κ3) is 3.11. The normalized spacial score (nSPS) is 26.5. The van der Waals surface area contributed by atoms with Crippen molar-refractivity contribution in [3.8, 4) is 0 Å². The number of hydrogen-bond acceptors (Lipinski definition) is 2. The Morgan fingerprint density at radius 3 is 2.67 bits per heavy atom. The van der Waals surface area contributed by atoms with Crippen molar-refractivity contribution in [2.45, 2.75) is 45.8 Å². The van der Waals surface area contributed by atoms with Gasteiger partial charge in [-0.25, -0.2) is 0 Å². The first-order valence-corrected chi connectivity index (χ1v) is 5.05. The lowest BCUT2D eigenvalue weighted by Gasteiger charge is -2.19. The van der Waals surface area contributed by atoms with Gasteiger partial charge < -0.3 is 10.1 Å². The molecule has 12 heavy (non-hydrogen) atoms. The average molecular weight is 171 g/mol. The Morgan fingerprint density at radius 1 is 1.42 bits per heavy atom. The Labute approximate surface area is 75.7 Å². The van der Waals surface area contributed by atoms with Crippen LogP contribution in [-0.4, -0.2) is 25.3 Å². The highest BCUT2D eigenvalue weighted by Crippen LogP contribution is 2.09. The molecule has 0 aromatic heterocycles. The van der Waals surface area contributed by atoms with Crippen LogP contribution in [0.5, 0.6) is 0 Å². The van der Waals surface area contributed by atoms with Crippen molar-refractivity contribution in [1.82, 2.24) is 5.32 Å². The summed E-state index contributed by atoms with van der Waals surface area (Å²) in [5, 5.41) is 3.43. The third-order valence-electron chi connectivity index (χ3n) is 2.66. The van der Waals surface area contributed by atoms with E-state index in [9.17, 15) is 0 Å². The van der Waals surface area contributed by atoms with Crippen LogP contribution in [0.15, 0.2) is 0 Å². The molecular formula is C10H21NO. The lowest BCUT2D eigenvalue weighted by Crippen LogP contribution is -2.30. The fraction of sp³-hybridized carbons (Fsp3) is 1.00. The van der Waals surface area contributed by atoms with E-state index in [1.807, 2.05) is 0 Å². The van der Waals surface area contributed by atoms with Gasteiger partial charge in [-0.3, -0.25) is 0 Å². The topological polar surface area (TPSA) is 21.3 Å². The first-order chi connectivity index (χ1) is 5.70. The van der Waals surface area contributed by atoms with E-state index < -0.39 is 0 Å². The Hall–Kier alpha value is -0.0800. The molecule has 0 radical (unpaired) electrons. The van der Waals surface area contributed by atoms with Gasteiger partial charge in [-0.2, -0.15) is 0 Å². The SMILES string of the molecule is CC(C)C(C)OC[C@H]1CCCN1. The Morgan fingerprint density at radius 2 is 2.17 bits per heavy atom. The molecule has 0 aromatic rings. The summed E-state index contributed by atoms with van der Waals surface area (Å²) in [7, 11) is 0. The Bertz CT molecular complexity index is 117. The molecular weight excluding hydrogens is 150 g/mol. The molecule has 2 atom stereocenters. The second kappa shape index (κ2) is 4.83. The predicted molar refractivity (Wildman–Crippen MR) is 51.3 cm³/mol. The van der Waals surface area contributed by atoms with Crippen molar-refractivity contribution in [3.63, 3.8) is 0 Å². The molecule has 2 nitrogen and oxygen atoms in total. The van der Waals surface area contributed by atoms with Crippen LogP contribution in [0.2, 0.25) is 0 Å². The third-order valence-corrected chi connectivity index (χ3v) is 2.66. The maximum absolute atomic E-state index is 5.72. The first-order valence-electron chi connectivity index (χ1n) is 5.05. The lowest BCUT2D eigenvalue weighted by molar-refractivity contribution is 0.0248. The molecule has 1 unspecified atom stereocenters. The van der Waals surface area contributed by atoms with Crippen LogP contribution in [0.1, 0.15) is 33.6 Å². The maximum atomic E-state index is 5.72. The van der Waals surface area contributed by atoms with Gasteiger partial charge in [0.15, 0.2) is 0 Å². The molecule has 0 amide bonds. The second-order valence-corrected chi connectivity index (χ2v) is 4.08. The van der Waals surface area contributed by atoms with Crippen LogP contribution in [0, 0.1) is 5.92 Å². The zero-order chi connectivity index (χ0) is 8.97. The smallest absolute Gasteiger partial charge is 0.0623 e. The number of rotatable bonds is 4. The van der Waals surface area contributed by atoms with Gasteiger partial charge in [0.05, 0.1) is 12.7 Å². The van der Waals surface area contributed by atoms with Gasteiger partial charge in [0, 0.05) is 6.04 Å². The van der Waals surface area contributed by atoms with Gasteiger partial charge in [-0.05, 0) is 32.2 Å². The predicted octanol–water partition coefficient (Wildman–Crippen LogP) is 1.80. The van der Waals surface area contributed by atoms with Gasteiger partial charge in [-0.1, -0.05) is 13.8 Å². The number of nitrogens with one attached hydrogen (secondary N) is 1. The minimum atomic E-state index is 0.396. The van der Waals surface area contributed by atoms with E-state index in [0.717, 1.165) is 6.61 Å². The molecule has 0 aromatic carbocycles. The van der Waals surface area contributed by atoms with Crippen molar-refractivity contribution in [2.24, 2.45) is 5.92 Å². The molecule has 1 heterocycles. The zero-order valence-corrected chi connectivity index (χ0v) is 8.47. The summed E-state index contributed by atoms with van der Waals surface area (Å²) in [6.45, 7) is 8.61. The Kier molecular flexibility index (Phi) is 4.02. The zero-order valence-electron chi connectivity index (χ0n) is 8.47. The molecule has 0 aliphatic carbocycles. The van der Waals surface area contributed by atoms with E-state index in [1.54, 1.807) is 0 Å². The maximum Gasteiger partial charge on any atom is 0.0623 e. The summed E-state index contributed by atoms with van der Waals surface area (Å²) in [6, 6.07) is 0.617. The van der Waals surface area contributed by atoms with Crippen molar-refractivity contribution in [1.29, 1.82) is 0 Å². The van der Waals surface area contributed by atoms with Crippen LogP contribution in [0.25, 0.3) is 0 Å². The second-order valence-electron chi connectivity index (χ2n) is 4.08. The molecule has 1 aliphatic heterocycles. The first kappa shape index (κ1) is 10.0. The van der Waals surface area contributed by atoms with Crippen molar-refractivity contribution in [3.05, 3.63) is 0 Å².